The Morgan fingerprint density at radius 2 is 1.88 bits per heavy atom. The summed E-state index contributed by atoms with van der Waals surface area (Å²) in [6, 6.07) is 18.2. The van der Waals surface area contributed by atoms with Gasteiger partial charge in [-0.2, -0.15) is 11.8 Å². The second-order valence-electron chi connectivity index (χ2n) is 6.58. The predicted octanol–water partition coefficient (Wildman–Crippen LogP) is 5.19. The highest BCUT2D eigenvalue weighted by Gasteiger charge is 2.22. The van der Waals surface area contributed by atoms with Gasteiger partial charge in [-0.05, 0) is 42.7 Å². The van der Waals surface area contributed by atoms with Crippen molar-refractivity contribution in [3.63, 3.8) is 0 Å². The van der Waals surface area contributed by atoms with Crippen LogP contribution in [0.25, 0.3) is 0 Å². The number of nitrogens with zero attached hydrogens (tertiary/aromatic N) is 1. The molecule has 138 valence electrons. The predicted molar refractivity (Wildman–Crippen MR) is 109 cm³/mol. The second kappa shape index (κ2) is 9.67. The van der Waals surface area contributed by atoms with Crippen molar-refractivity contribution in [1.82, 2.24) is 4.90 Å². The highest BCUT2D eigenvalue weighted by molar-refractivity contribution is 7.99. The molecule has 1 fully saturated rings. The van der Waals surface area contributed by atoms with Crippen molar-refractivity contribution in [2.75, 3.05) is 25.4 Å². The van der Waals surface area contributed by atoms with Gasteiger partial charge in [-0.25, -0.2) is 0 Å². The van der Waals surface area contributed by atoms with Crippen molar-refractivity contribution in [2.24, 2.45) is 0 Å². The van der Waals surface area contributed by atoms with Gasteiger partial charge in [-0.3, -0.25) is 4.79 Å². The van der Waals surface area contributed by atoms with Crippen LogP contribution in [-0.4, -0.2) is 36.3 Å². The standard InChI is InChI=1S/C22H27NO2S/c1-2-3-16-25-20-11-9-19(10-12-20)22(24)23-14-13-21(26-17-15-23)18-7-5-4-6-8-18/h4-12,21H,2-3,13-17H2,1H3/t21-/m0/s1. The topological polar surface area (TPSA) is 29.5 Å². The van der Waals surface area contributed by atoms with Crippen LogP contribution in [0.15, 0.2) is 54.6 Å². The van der Waals surface area contributed by atoms with E-state index in [9.17, 15) is 4.79 Å². The molecule has 3 rings (SSSR count). The Hall–Kier alpha value is -1.94. The molecular weight excluding hydrogens is 342 g/mol. The van der Waals surface area contributed by atoms with Gasteiger partial charge in [0.25, 0.3) is 5.91 Å². The van der Waals surface area contributed by atoms with Gasteiger partial charge in [0.15, 0.2) is 0 Å². The van der Waals surface area contributed by atoms with Crippen molar-refractivity contribution < 1.29 is 9.53 Å². The fourth-order valence-corrected chi connectivity index (χ4v) is 4.35. The first-order valence-electron chi connectivity index (χ1n) is 9.46. The number of amides is 1. The third-order valence-electron chi connectivity index (χ3n) is 4.67. The minimum absolute atomic E-state index is 0.124. The second-order valence-corrected chi connectivity index (χ2v) is 7.89. The molecule has 3 nitrogen and oxygen atoms in total. The molecule has 1 atom stereocenters. The number of ether oxygens (including phenoxy) is 1. The van der Waals surface area contributed by atoms with Crippen LogP contribution in [0, 0.1) is 0 Å². The van der Waals surface area contributed by atoms with Crippen LogP contribution in [0.5, 0.6) is 5.75 Å². The van der Waals surface area contributed by atoms with E-state index in [1.165, 1.54) is 5.56 Å². The van der Waals surface area contributed by atoms with Crippen molar-refractivity contribution in [3.8, 4) is 5.75 Å². The molecule has 0 unspecified atom stereocenters. The Balaban J connectivity index is 1.58. The number of hydrogen-bond donors (Lipinski definition) is 0. The van der Waals surface area contributed by atoms with Crippen molar-refractivity contribution in [1.29, 1.82) is 0 Å². The zero-order chi connectivity index (χ0) is 18.2. The summed E-state index contributed by atoms with van der Waals surface area (Å²) in [5.74, 6) is 1.94. The molecule has 0 spiro atoms. The fourth-order valence-electron chi connectivity index (χ4n) is 3.12. The van der Waals surface area contributed by atoms with Crippen LogP contribution in [0.1, 0.15) is 47.4 Å². The molecule has 26 heavy (non-hydrogen) atoms. The van der Waals surface area contributed by atoms with Gasteiger partial charge in [0.05, 0.1) is 6.61 Å². The lowest BCUT2D eigenvalue weighted by molar-refractivity contribution is 0.0766. The minimum atomic E-state index is 0.124. The summed E-state index contributed by atoms with van der Waals surface area (Å²) >= 11 is 1.95. The molecule has 1 amide bonds. The number of rotatable bonds is 6. The van der Waals surface area contributed by atoms with E-state index in [1.807, 2.05) is 40.9 Å². The normalized spacial score (nSPS) is 17.6. The van der Waals surface area contributed by atoms with E-state index in [-0.39, 0.29) is 5.91 Å². The van der Waals surface area contributed by atoms with Gasteiger partial charge in [0.1, 0.15) is 5.75 Å². The molecule has 0 aromatic heterocycles. The molecule has 0 aliphatic carbocycles. The summed E-state index contributed by atoms with van der Waals surface area (Å²) in [6.45, 7) is 4.49. The quantitative estimate of drug-likeness (QED) is 0.657. The number of thioether (sulfide) groups is 1. The number of benzene rings is 2. The van der Waals surface area contributed by atoms with E-state index in [1.54, 1.807) is 0 Å². The maximum Gasteiger partial charge on any atom is 0.253 e. The summed E-state index contributed by atoms with van der Waals surface area (Å²) in [5.41, 5.74) is 2.11. The highest BCUT2D eigenvalue weighted by Crippen LogP contribution is 2.34. The number of unbranched alkanes of at least 4 members (excludes halogenated alkanes) is 1. The summed E-state index contributed by atoms with van der Waals surface area (Å²) in [5, 5.41) is 0.475. The Bertz CT molecular complexity index is 687. The summed E-state index contributed by atoms with van der Waals surface area (Å²) in [4.78, 5) is 14.8. The third-order valence-corrected chi connectivity index (χ3v) is 6.00. The van der Waals surface area contributed by atoms with E-state index in [0.717, 1.165) is 56.0 Å². The number of hydrogen-bond acceptors (Lipinski definition) is 3. The van der Waals surface area contributed by atoms with Crippen LogP contribution in [0.4, 0.5) is 0 Å². The first-order chi connectivity index (χ1) is 12.8. The Morgan fingerprint density at radius 1 is 1.12 bits per heavy atom. The third kappa shape index (κ3) is 5.04. The lowest BCUT2D eigenvalue weighted by Crippen LogP contribution is -2.32. The molecule has 4 heteroatoms. The molecule has 1 heterocycles. The molecule has 1 aliphatic rings. The molecular formula is C22H27NO2S. The van der Waals surface area contributed by atoms with Crippen molar-refractivity contribution >= 4 is 17.7 Å². The maximum atomic E-state index is 12.8. The Morgan fingerprint density at radius 3 is 2.62 bits per heavy atom. The largest absolute Gasteiger partial charge is 0.494 e. The van der Waals surface area contributed by atoms with Crippen LogP contribution in [0.3, 0.4) is 0 Å². The minimum Gasteiger partial charge on any atom is -0.494 e. The molecule has 0 bridgehead atoms. The number of carbonyl (C=O) groups excluding carboxylic acids is 1. The summed E-state index contributed by atoms with van der Waals surface area (Å²) < 4.78 is 5.68. The summed E-state index contributed by atoms with van der Waals surface area (Å²) in [7, 11) is 0. The average molecular weight is 370 g/mol. The molecule has 1 saturated heterocycles. The van der Waals surface area contributed by atoms with Crippen LogP contribution >= 0.6 is 11.8 Å². The fraction of sp³-hybridized carbons (Fsp3) is 0.409. The van der Waals surface area contributed by atoms with E-state index < -0.39 is 0 Å². The van der Waals surface area contributed by atoms with Gasteiger partial charge in [0, 0.05) is 29.7 Å². The van der Waals surface area contributed by atoms with Gasteiger partial charge in [0.2, 0.25) is 0 Å². The van der Waals surface area contributed by atoms with E-state index in [4.69, 9.17) is 4.74 Å². The van der Waals surface area contributed by atoms with E-state index in [0.29, 0.717) is 5.25 Å². The van der Waals surface area contributed by atoms with Crippen molar-refractivity contribution in [3.05, 3.63) is 65.7 Å². The van der Waals surface area contributed by atoms with Crippen LogP contribution < -0.4 is 4.74 Å². The molecule has 2 aromatic rings. The van der Waals surface area contributed by atoms with E-state index in [2.05, 4.69) is 37.3 Å². The molecule has 0 radical (unpaired) electrons. The Kier molecular flexibility index (Phi) is 7.01. The maximum absolute atomic E-state index is 12.8. The zero-order valence-electron chi connectivity index (χ0n) is 15.4. The molecule has 2 aromatic carbocycles. The van der Waals surface area contributed by atoms with Crippen molar-refractivity contribution in [2.45, 2.75) is 31.4 Å². The molecule has 1 aliphatic heterocycles. The first kappa shape index (κ1) is 18.8. The smallest absolute Gasteiger partial charge is 0.253 e. The van der Waals surface area contributed by atoms with Gasteiger partial charge < -0.3 is 9.64 Å². The number of carbonyl (C=O) groups is 1. The SMILES string of the molecule is CCCCOc1ccc(C(=O)N2CCS[C@H](c3ccccc3)CC2)cc1. The zero-order valence-corrected chi connectivity index (χ0v) is 16.2. The monoisotopic (exact) mass is 369 g/mol. The lowest BCUT2D eigenvalue weighted by Gasteiger charge is -2.20. The molecule has 0 saturated carbocycles. The van der Waals surface area contributed by atoms with E-state index >= 15 is 0 Å². The average Bonchev–Trinajstić information content (AvgIpc) is 2.95. The summed E-state index contributed by atoms with van der Waals surface area (Å²) in [6.07, 6.45) is 3.17. The van der Waals surface area contributed by atoms with Crippen LogP contribution in [0.2, 0.25) is 0 Å². The highest BCUT2D eigenvalue weighted by atomic mass is 32.2. The lowest BCUT2D eigenvalue weighted by atomic mass is 10.1. The van der Waals surface area contributed by atoms with Gasteiger partial charge in [-0.15, -0.1) is 0 Å². The first-order valence-corrected chi connectivity index (χ1v) is 10.5. The van der Waals surface area contributed by atoms with Gasteiger partial charge >= 0.3 is 0 Å². The van der Waals surface area contributed by atoms with Gasteiger partial charge in [-0.1, -0.05) is 43.7 Å². The van der Waals surface area contributed by atoms with Crippen LogP contribution in [-0.2, 0) is 0 Å². The molecule has 0 N–H and O–H groups in total. The Labute approximate surface area is 160 Å².